The van der Waals surface area contributed by atoms with E-state index in [1.165, 1.54) is 12.8 Å². The van der Waals surface area contributed by atoms with Crippen LogP contribution in [-0.4, -0.2) is 36.1 Å². The van der Waals surface area contributed by atoms with Crippen LogP contribution >= 0.6 is 0 Å². The minimum Gasteiger partial charge on any atom is -0.393 e. The van der Waals surface area contributed by atoms with Gasteiger partial charge in [0.15, 0.2) is 0 Å². The van der Waals surface area contributed by atoms with E-state index in [0.29, 0.717) is 25.3 Å². The summed E-state index contributed by atoms with van der Waals surface area (Å²) in [6.45, 7) is 2.15. The second-order valence-corrected chi connectivity index (χ2v) is 5.12. The quantitative estimate of drug-likeness (QED) is 0.623. The molecule has 1 aliphatic carbocycles. The minimum atomic E-state index is -0.415. The highest BCUT2D eigenvalue weighted by atomic mass is 16.3. The standard InChI is InChI=1S/C13H24N2O3/c1-10(16)6-7-14-13(18)9-15-12(17)8-11-4-2-3-5-11/h10-11,16H,2-9H2,1H3,(H,14,18)(H,15,17). The molecule has 1 rings (SSSR count). The lowest BCUT2D eigenvalue weighted by atomic mass is 10.0. The van der Waals surface area contributed by atoms with Crippen LogP contribution < -0.4 is 10.6 Å². The number of aliphatic hydroxyl groups is 1. The summed E-state index contributed by atoms with van der Waals surface area (Å²) in [4.78, 5) is 22.9. The lowest BCUT2D eigenvalue weighted by molar-refractivity contribution is -0.126. The van der Waals surface area contributed by atoms with Crippen LogP contribution in [0, 0.1) is 5.92 Å². The van der Waals surface area contributed by atoms with Gasteiger partial charge in [-0.3, -0.25) is 9.59 Å². The van der Waals surface area contributed by atoms with Crippen LogP contribution in [-0.2, 0) is 9.59 Å². The molecule has 0 spiro atoms. The molecular weight excluding hydrogens is 232 g/mol. The lowest BCUT2D eigenvalue weighted by Crippen LogP contribution is -2.38. The average molecular weight is 256 g/mol. The summed E-state index contributed by atoms with van der Waals surface area (Å²) < 4.78 is 0. The molecule has 104 valence electrons. The first-order valence-corrected chi connectivity index (χ1v) is 6.79. The summed E-state index contributed by atoms with van der Waals surface area (Å²) in [5, 5.41) is 14.3. The van der Waals surface area contributed by atoms with Crippen molar-refractivity contribution in [1.29, 1.82) is 0 Å². The molecule has 0 aromatic carbocycles. The molecule has 0 radical (unpaired) electrons. The van der Waals surface area contributed by atoms with Crippen molar-refractivity contribution in [3.63, 3.8) is 0 Å². The number of amides is 2. The molecule has 0 saturated heterocycles. The monoisotopic (exact) mass is 256 g/mol. The van der Waals surface area contributed by atoms with E-state index in [4.69, 9.17) is 5.11 Å². The normalized spacial score (nSPS) is 17.4. The predicted octanol–water partition coefficient (Wildman–Crippen LogP) is 0.570. The third kappa shape index (κ3) is 6.59. The number of hydrogen-bond acceptors (Lipinski definition) is 3. The van der Waals surface area contributed by atoms with E-state index >= 15 is 0 Å². The van der Waals surface area contributed by atoms with Crippen molar-refractivity contribution in [2.24, 2.45) is 5.92 Å². The van der Waals surface area contributed by atoms with Crippen LogP contribution in [0.25, 0.3) is 0 Å². The maximum Gasteiger partial charge on any atom is 0.239 e. The Hall–Kier alpha value is -1.10. The Kier molecular flexibility index (Phi) is 6.72. The van der Waals surface area contributed by atoms with Gasteiger partial charge in [0.1, 0.15) is 0 Å². The largest absolute Gasteiger partial charge is 0.393 e. The molecule has 0 heterocycles. The molecule has 1 atom stereocenters. The Morgan fingerprint density at radius 2 is 1.89 bits per heavy atom. The van der Waals surface area contributed by atoms with E-state index in [1.54, 1.807) is 6.92 Å². The zero-order valence-corrected chi connectivity index (χ0v) is 11.1. The number of carbonyl (C=O) groups is 2. The maximum absolute atomic E-state index is 11.6. The molecular formula is C13H24N2O3. The summed E-state index contributed by atoms with van der Waals surface area (Å²) in [5.41, 5.74) is 0. The van der Waals surface area contributed by atoms with E-state index < -0.39 is 6.10 Å². The molecule has 1 unspecified atom stereocenters. The average Bonchev–Trinajstić information content (AvgIpc) is 2.78. The van der Waals surface area contributed by atoms with Crippen LogP contribution in [0.4, 0.5) is 0 Å². The molecule has 0 bridgehead atoms. The Labute approximate surface area is 108 Å². The Bertz CT molecular complexity index is 273. The molecule has 1 saturated carbocycles. The van der Waals surface area contributed by atoms with Gasteiger partial charge in [-0.1, -0.05) is 12.8 Å². The second-order valence-electron chi connectivity index (χ2n) is 5.12. The van der Waals surface area contributed by atoms with Crippen molar-refractivity contribution in [1.82, 2.24) is 10.6 Å². The zero-order valence-electron chi connectivity index (χ0n) is 11.1. The van der Waals surface area contributed by atoms with Crippen molar-refractivity contribution in [3.05, 3.63) is 0 Å². The lowest BCUT2D eigenvalue weighted by Gasteiger charge is -2.10. The fourth-order valence-corrected chi connectivity index (χ4v) is 2.21. The van der Waals surface area contributed by atoms with Crippen molar-refractivity contribution in [2.75, 3.05) is 13.1 Å². The first kappa shape index (κ1) is 15.0. The van der Waals surface area contributed by atoms with Gasteiger partial charge in [-0.25, -0.2) is 0 Å². The van der Waals surface area contributed by atoms with Crippen LogP contribution in [0.15, 0.2) is 0 Å². The summed E-state index contributed by atoms with van der Waals surface area (Å²) in [7, 11) is 0. The number of carbonyl (C=O) groups excluding carboxylic acids is 2. The van der Waals surface area contributed by atoms with Gasteiger partial charge in [0.25, 0.3) is 0 Å². The van der Waals surface area contributed by atoms with E-state index in [2.05, 4.69) is 10.6 Å². The highest BCUT2D eigenvalue weighted by Crippen LogP contribution is 2.27. The first-order chi connectivity index (χ1) is 8.58. The molecule has 18 heavy (non-hydrogen) atoms. The number of hydrogen-bond donors (Lipinski definition) is 3. The van der Waals surface area contributed by atoms with E-state index in [1.807, 2.05) is 0 Å². The first-order valence-electron chi connectivity index (χ1n) is 6.79. The molecule has 0 aliphatic heterocycles. The van der Waals surface area contributed by atoms with E-state index in [-0.39, 0.29) is 18.4 Å². The third-order valence-electron chi connectivity index (χ3n) is 3.28. The SMILES string of the molecule is CC(O)CCNC(=O)CNC(=O)CC1CCCC1. The summed E-state index contributed by atoms with van der Waals surface area (Å²) in [5.74, 6) is 0.270. The molecule has 2 amide bonds. The van der Waals surface area contributed by atoms with Crippen molar-refractivity contribution < 1.29 is 14.7 Å². The summed E-state index contributed by atoms with van der Waals surface area (Å²) in [6, 6.07) is 0. The summed E-state index contributed by atoms with van der Waals surface area (Å²) in [6.07, 6.45) is 5.36. The summed E-state index contributed by atoms with van der Waals surface area (Å²) >= 11 is 0. The van der Waals surface area contributed by atoms with Gasteiger partial charge in [0.2, 0.25) is 11.8 Å². The second kappa shape index (κ2) is 8.08. The van der Waals surface area contributed by atoms with Gasteiger partial charge in [0.05, 0.1) is 12.6 Å². The topological polar surface area (TPSA) is 78.4 Å². The highest BCUT2D eigenvalue weighted by molar-refractivity contribution is 5.84. The molecule has 1 fully saturated rings. The molecule has 0 aromatic heterocycles. The van der Waals surface area contributed by atoms with Gasteiger partial charge in [-0.05, 0) is 32.1 Å². The van der Waals surface area contributed by atoms with Gasteiger partial charge in [-0.15, -0.1) is 0 Å². The molecule has 1 aliphatic rings. The fourth-order valence-electron chi connectivity index (χ4n) is 2.21. The van der Waals surface area contributed by atoms with Gasteiger partial charge in [-0.2, -0.15) is 0 Å². The van der Waals surface area contributed by atoms with Gasteiger partial charge < -0.3 is 15.7 Å². The van der Waals surface area contributed by atoms with Crippen LogP contribution in [0.1, 0.15) is 45.4 Å². The number of rotatable bonds is 7. The smallest absolute Gasteiger partial charge is 0.239 e. The zero-order chi connectivity index (χ0) is 13.4. The minimum absolute atomic E-state index is 0.0331. The molecule has 3 N–H and O–H groups in total. The third-order valence-corrected chi connectivity index (χ3v) is 3.28. The highest BCUT2D eigenvalue weighted by Gasteiger charge is 2.18. The predicted molar refractivity (Wildman–Crippen MR) is 68.9 cm³/mol. The van der Waals surface area contributed by atoms with Crippen molar-refractivity contribution in [3.8, 4) is 0 Å². The number of nitrogens with one attached hydrogen (secondary N) is 2. The van der Waals surface area contributed by atoms with Crippen molar-refractivity contribution in [2.45, 2.75) is 51.6 Å². The van der Waals surface area contributed by atoms with Gasteiger partial charge >= 0.3 is 0 Å². The Morgan fingerprint density at radius 1 is 1.22 bits per heavy atom. The van der Waals surface area contributed by atoms with Crippen LogP contribution in [0.2, 0.25) is 0 Å². The fraction of sp³-hybridized carbons (Fsp3) is 0.846. The van der Waals surface area contributed by atoms with Crippen LogP contribution in [0.5, 0.6) is 0 Å². The van der Waals surface area contributed by atoms with E-state index in [9.17, 15) is 9.59 Å². The Morgan fingerprint density at radius 3 is 2.50 bits per heavy atom. The maximum atomic E-state index is 11.6. The number of aliphatic hydroxyl groups excluding tert-OH is 1. The molecule has 0 aromatic rings. The Balaban J connectivity index is 2.04. The van der Waals surface area contributed by atoms with E-state index in [0.717, 1.165) is 12.8 Å². The van der Waals surface area contributed by atoms with Crippen molar-refractivity contribution >= 4 is 11.8 Å². The molecule has 5 heteroatoms. The van der Waals surface area contributed by atoms with Gasteiger partial charge in [0, 0.05) is 13.0 Å². The van der Waals surface area contributed by atoms with Crippen LogP contribution in [0.3, 0.4) is 0 Å². The molecule has 5 nitrogen and oxygen atoms in total.